The van der Waals surface area contributed by atoms with Gasteiger partial charge < -0.3 is 75.9 Å². The molecular formula is C42H116O15S6. The zero-order chi connectivity index (χ0) is 53.6. The monoisotopic (exact) mass is 1050 g/mol. The first-order valence-corrected chi connectivity index (χ1v) is 24.4. The van der Waals surface area contributed by atoms with Crippen molar-refractivity contribution in [3.63, 3.8) is 0 Å². The summed E-state index contributed by atoms with van der Waals surface area (Å²) in [7, 11) is 7.36. The van der Waals surface area contributed by atoms with E-state index in [0.717, 1.165) is 20.1 Å². The molecule has 0 saturated heterocycles. The molecule has 63 heavy (non-hydrogen) atoms. The largest absolute Gasteiger partial charge is 0.512 e. The lowest BCUT2D eigenvalue weighted by Crippen LogP contribution is -1.85. The fourth-order valence-electron chi connectivity index (χ4n) is 0. The van der Waals surface area contributed by atoms with Crippen molar-refractivity contribution in [3.05, 3.63) is 50.3 Å². The van der Waals surface area contributed by atoms with Crippen LogP contribution in [0.15, 0.2) is 50.3 Å². The van der Waals surface area contributed by atoms with Crippen molar-refractivity contribution in [2.75, 3.05) is 131 Å². The van der Waals surface area contributed by atoms with Crippen molar-refractivity contribution in [3.8, 4) is 12.8 Å². The Morgan fingerprint density at radius 3 is 0.778 bits per heavy atom. The van der Waals surface area contributed by atoms with Gasteiger partial charge in [-0.15, -0.1) is 56.1 Å². The van der Waals surface area contributed by atoms with E-state index in [1.807, 2.05) is 71.4 Å². The number of allylic oxidation sites excluding steroid dienone is 1. The number of hydrogen-bond donors (Lipinski definition) is 12. The Labute approximate surface area is 423 Å². The Bertz CT molecular complexity index is 338. The maximum absolute atomic E-state index is 7.88. The van der Waals surface area contributed by atoms with Gasteiger partial charge in [-0.1, -0.05) is 68.0 Å². The van der Waals surface area contributed by atoms with E-state index >= 15 is 0 Å². The summed E-state index contributed by atoms with van der Waals surface area (Å²) in [5, 5.41) is 84.1. The second-order valence-electron chi connectivity index (χ2n) is 6.25. The van der Waals surface area contributed by atoms with Crippen molar-refractivity contribution < 1.29 is 75.9 Å². The van der Waals surface area contributed by atoms with Crippen LogP contribution in [0.4, 0.5) is 0 Å². The van der Waals surface area contributed by atoms with Crippen LogP contribution in [-0.2, 0) is 14.2 Å². The summed E-state index contributed by atoms with van der Waals surface area (Å²) in [6.45, 7) is 30.9. The van der Waals surface area contributed by atoms with Crippen LogP contribution >= 0.6 is 73.2 Å². The molecule has 0 aliphatic rings. The predicted molar refractivity (Wildman–Crippen MR) is 309 cm³/mol. The maximum Gasteiger partial charge on any atom is 0.143 e. The number of methoxy groups -OCH3 is 3. The van der Waals surface area contributed by atoms with Crippen LogP contribution in [0.2, 0.25) is 0 Å². The standard InChI is InChI=1S/2C3H8O.C3H8S.C3H6S.C3H8.C3H6.2C2H6O2.C2H4O2.C2H6OS.2C2H6O.C2H6S.C2H6.C2H4.C2H2.CH4O2.CH4O.CH4S.CH4.H2O.H2S/c1-3-4-2;1-2-3-4;2*1-3-4-2;2*1-3-2;1-4-2-3;2*3-1-2-4;1-4-2-3;1-3-2;1-2-3;1-3-2;3*1-2;2-1-3;2*1-2;;;/h3H2,1-2H3;4H,2-3H2,1H3;3H2,1-2H3;3H,1H2,2H3;3H2,1-2H3;3H,1H2,2H3;3H,2H2,1H3;3-4H,1-2H2;1-4H;3H,2H2,1H3;1-2H3;3H,2H2,1H3;1-2H3;1-2H3;1-2H2;1-2H;2-3H,1H2;2*2H,1H3;1H4;2*1H2. The minimum atomic E-state index is -0.750. The van der Waals surface area contributed by atoms with Crippen LogP contribution in [0.3, 0.4) is 0 Å². The second kappa shape index (κ2) is 483. The number of terminal acetylenes is 1. The van der Waals surface area contributed by atoms with E-state index in [9.17, 15) is 0 Å². The molecule has 0 saturated carbocycles. The lowest BCUT2D eigenvalue weighted by atomic mass is 10.5. The third-order valence-corrected chi connectivity index (χ3v) is 2.56. The number of thioether (sulfide) groups is 4. The molecule has 0 aliphatic heterocycles. The third kappa shape index (κ3) is 3710. The van der Waals surface area contributed by atoms with Crippen LogP contribution in [0.25, 0.3) is 0 Å². The van der Waals surface area contributed by atoms with Gasteiger partial charge in [-0.3, -0.25) is 0 Å². The molecule has 13 N–H and O–H groups in total. The Kier molecular flexibility index (Phi) is 1100. The van der Waals surface area contributed by atoms with Gasteiger partial charge in [0.25, 0.3) is 0 Å². The minimum absolute atomic E-state index is 0. The van der Waals surface area contributed by atoms with E-state index in [0.29, 0.717) is 19.1 Å². The van der Waals surface area contributed by atoms with E-state index < -0.39 is 6.79 Å². The number of rotatable bonds is 7. The summed E-state index contributed by atoms with van der Waals surface area (Å²) in [5.41, 5.74) is 0. The quantitative estimate of drug-likeness (QED) is 0.0376. The van der Waals surface area contributed by atoms with Crippen LogP contribution in [0.5, 0.6) is 0 Å². The molecule has 0 aromatic carbocycles. The van der Waals surface area contributed by atoms with Crippen molar-refractivity contribution in [2.24, 2.45) is 0 Å². The highest BCUT2D eigenvalue weighted by Crippen LogP contribution is 1.85. The fraction of sp³-hybridized carbons (Fsp3) is 0.762. The van der Waals surface area contributed by atoms with Gasteiger partial charge in [0.15, 0.2) is 0 Å². The summed E-state index contributed by atoms with van der Waals surface area (Å²) in [6, 6.07) is 0. The summed E-state index contributed by atoms with van der Waals surface area (Å²) in [5.74, 6) is 1.47. The fourth-order valence-corrected chi connectivity index (χ4v) is 0. The maximum atomic E-state index is 7.88. The number of aliphatic hydroxyl groups is 11. The Balaban J connectivity index is -0.0000000141. The van der Waals surface area contributed by atoms with Crippen molar-refractivity contribution in [1.82, 2.24) is 0 Å². The molecule has 410 valence electrons. The molecule has 15 nitrogen and oxygen atoms in total. The van der Waals surface area contributed by atoms with E-state index in [2.05, 4.69) is 93.0 Å². The molecule has 0 atom stereocenters. The number of thiol groups is 1. The van der Waals surface area contributed by atoms with Gasteiger partial charge >= 0.3 is 0 Å². The average Bonchev–Trinajstić information content (AvgIpc) is 3.31. The van der Waals surface area contributed by atoms with Crippen molar-refractivity contribution in [2.45, 2.75) is 82.6 Å². The van der Waals surface area contributed by atoms with Gasteiger partial charge in [-0.2, -0.15) is 49.6 Å². The highest BCUT2D eigenvalue weighted by atomic mass is 32.2. The zero-order valence-electron chi connectivity index (χ0n) is 43.3. The molecule has 0 radical (unpaired) electrons. The van der Waals surface area contributed by atoms with Crippen LogP contribution < -0.4 is 0 Å². The zero-order valence-corrected chi connectivity index (χ0v) is 48.5. The first-order chi connectivity index (χ1) is 28.8. The average molecular weight is 1050 g/mol. The van der Waals surface area contributed by atoms with Gasteiger partial charge in [-0.05, 0) is 75.9 Å². The van der Waals surface area contributed by atoms with Gasteiger partial charge in [-0.25, -0.2) is 0 Å². The molecule has 0 spiro atoms. The molecule has 0 aromatic rings. The Morgan fingerprint density at radius 1 is 0.651 bits per heavy atom. The van der Waals surface area contributed by atoms with E-state index in [-0.39, 0.29) is 59.0 Å². The number of hydrogen-bond acceptors (Lipinski definition) is 19. The molecule has 0 rings (SSSR count). The van der Waals surface area contributed by atoms with Crippen molar-refractivity contribution >= 4 is 73.2 Å². The molecule has 0 aromatic heterocycles. The topological polar surface area (TPSA) is 282 Å². The highest BCUT2D eigenvalue weighted by molar-refractivity contribution is 8.01. The van der Waals surface area contributed by atoms with Crippen LogP contribution in [0, 0.1) is 12.8 Å². The predicted octanol–water partition coefficient (Wildman–Crippen LogP) is 8.26. The molecule has 0 bridgehead atoms. The molecule has 21 heteroatoms. The van der Waals surface area contributed by atoms with E-state index in [1.165, 1.54) is 31.0 Å². The van der Waals surface area contributed by atoms with Gasteiger partial charge in [0.1, 0.15) is 26.1 Å². The van der Waals surface area contributed by atoms with Crippen LogP contribution in [-0.4, -0.2) is 193 Å². The van der Waals surface area contributed by atoms with Crippen LogP contribution in [0.1, 0.15) is 82.6 Å². The molecule has 0 amide bonds. The molecule has 0 heterocycles. The normalized spacial score (nSPS) is 5.84. The number of aliphatic hydroxyl groups excluding tert-OH is 10. The summed E-state index contributed by atoms with van der Waals surface area (Å²) >= 11 is 10.2. The first-order valence-electron chi connectivity index (χ1n) is 17.8. The molecule has 0 unspecified atom stereocenters. The van der Waals surface area contributed by atoms with Gasteiger partial charge in [0.05, 0.1) is 19.2 Å². The molecule has 0 fully saturated rings. The smallest absolute Gasteiger partial charge is 0.143 e. The van der Waals surface area contributed by atoms with Gasteiger partial charge in [0.2, 0.25) is 0 Å². The summed E-state index contributed by atoms with van der Waals surface area (Å²) in [6.07, 6.45) is 24.7. The van der Waals surface area contributed by atoms with E-state index in [1.54, 1.807) is 69.5 Å². The first kappa shape index (κ1) is 144. The highest BCUT2D eigenvalue weighted by Gasteiger charge is 1.58. The summed E-state index contributed by atoms with van der Waals surface area (Å²) in [4.78, 5) is 0. The summed E-state index contributed by atoms with van der Waals surface area (Å²) < 4.78 is 12.9. The number of ether oxygens (including phenoxy) is 3. The molecule has 0 aliphatic carbocycles. The van der Waals surface area contributed by atoms with E-state index in [4.69, 9.17) is 56.2 Å². The minimum Gasteiger partial charge on any atom is -0.512 e. The van der Waals surface area contributed by atoms with Crippen molar-refractivity contribution in [1.29, 1.82) is 0 Å². The lowest BCUT2D eigenvalue weighted by molar-refractivity contribution is 0.0325. The Hall–Kier alpha value is -0.300. The Morgan fingerprint density at radius 2 is 0.778 bits per heavy atom. The third-order valence-electron chi connectivity index (χ3n) is 1.39. The SMILES string of the molecule is C.C#C.C=C.C=CC.C=CSC.CC.CCC.CCCO.CCO.CCOC.CCSC.CO.COC.COCO.CS.CSC.CSCO.O.OC=CO.OCCO.OCO.S. The second-order valence-corrected chi connectivity index (χ2v) is 9.86. The molecular weight excluding hydrogens is 937 g/mol. The lowest BCUT2D eigenvalue weighted by Gasteiger charge is -1.76. The van der Waals surface area contributed by atoms with Gasteiger partial charge in [0, 0.05) is 55.4 Å².